The summed E-state index contributed by atoms with van der Waals surface area (Å²) in [6.45, 7) is 5.88. The smallest absolute Gasteiger partial charge is 0.407 e. The van der Waals surface area contributed by atoms with Crippen LogP contribution < -0.4 is 10.6 Å². The molecule has 2 N–H and O–H groups in total. The average Bonchev–Trinajstić information content (AvgIpc) is 2.79. The average molecular weight is 522 g/mol. The fraction of sp³-hybridized carbons (Fsp3) is 0.440. The largest absolute Gasteiger partial charge is 0.444 e. The van der Waals surface area contributed by atoms with Gasteiger partial charge in [-0.2, -0.15) is 4.31 Å². The van der Waals surface area contributed by atoms with Crippen LogP contribution in [0.4, 0.5) is 10.5 Å². The number of carbonyl (C=O) groups is 2. The van der Waals surface area contributed by atoms with E-state index < -0.39 is 21.7 Å². The maximum absolute atomic E-state index is 13.1. The van der Waals surface area contributed by atoms with Crippen LogP contribution in [-0.4, -0.2) is 49.5 Å². The molecule has 0 aliphatic carbocycles. The molecule has 1 aliphatic heterocycles. The number of piperidine rings is 1. The van der Waals surface area contributed by atoms with Crippen LogP contribution >= 0.6 is 11.6 Å². The first-order chi connectivity index (χ1) is 16.4. The van der Waals surface area contributed by atoms with Crippen LogP contribution in [0, 0.1) is 0 Å². The Morgan fingerprint density at radius 1 is 1.09 bits per heavy atom. The van der Waals surface area contributed by atoms with E-state index in [1.807, 2.05) is 30.3 Å². The number of nitrogens with zero attached hydrogens (tertiary/aromatic N) is 1. The van der Waals surface area contributed by atoms with Crippen LogP contribution in [0.25, 0.3) is 0 Å². The zero-order valence-corrected chi connectivity index (χ0v) is 21.8. The number of ether oxygens (including phenoxy) is 1. The van der Waals surface area contributed by atoms with E-state index >= 15 is 0 Å². The fourth-order valence-electron chi connectivity index (χ4n) is 3.74. The standard InChI is InChI=1S/C25H32ClN3O5S/c1-25(2,3)34-24(31)27-19-13-15-29(16-14-19)35(32,33)20-10-11-22(21(26)17-20)28-23(30)12-9-18-7-5-4-6-8-18/h4-8,10-11,17,19H,9,12-16H2,1-3H3,(H,27,31)(H,28,30). The number of rotatable bonds is 7. The van der Waals surface area contributed by atoms with Crippen LogP contribution in [0.5, 0.6) is 0 Å². The predicted molar refractivity (Wildman–Crippen MR) is 136 cm³/mol. The molecular weight excluding hydrogens is 490 g/mol. The number of hydrogen-bond acceptors (Lipinski definition) is 5. The van der Waals surface area contributed by atoms with E-state index in [-0.39, 0.29) is 41.4 Å². The van der Waals surface area contributed by atoms with Gasteiger partial charge >= 0.3 is 6.09 Å². The van der Waals surface area contributed by atoms with E-state index in [4.69, 9.17) is 16.3 Å². The van der Waals surface area contributed by atoms with Gasteiger partial charge in [0, 0.05) is 25.6 Å². The highest BCUT2D eigenvalue weighted by atomic mass is 35.5. The topological polar surface area (TPSA) is 105 Å². The molecule has 0 bridgehead atoms. The number of amides is 2. The summed E-state index contributed by atoms with van der Waals surface area (Å²) in [5, 5.41) is 5.70. The van der Waals surface area contributed by atoms with Crippen molar-refractivity contribution < 1.29 is 22.7 Å². The summed E-state index contributed by atoms with van der Waals surface area (Å²) in [6.07, 6.45) is 1.32. The van der Waals surface area contributed by atoms with Gasteiger partial charge in [0.25, 0.3) is 0 Å². The molecule has 2 aromatic rings. The minimum atomic E-state index is -3.76. The minimum absolute atomic E-state index is 0.0586. The van der Waals surface area contributed by atoms with Gasteiger partial charge in [-0.05, 0) is 63.8 Å². The van der Waals surface area contributed by atoms with Gasteiger partial charge in [-0.15, -0.1) is 0 Å². The molecule has 0 radical (unpaired) electrons. The van der Waals surface area contributed by atoms with Crippen molar-refractivity contribution in [1.29, 1.82) is 0 Å². The molecule has 0 aromatic heterocycles. The molecule has 35 heavy (non-hydrogen) atoms. The van der Waals surface area contributed by atoms with Crippen LogP contribution in [0.15, 0.2) is 53.4 Å². The number of alkyl carbamates (subject to hydrolysis) is 1. The Bertz CT molecular complexity index is 1140. The molecular formula is C25H32ClN3O5S. The fourth-order valence-corrected chi connectivity index (χ4v) is 5.53. The van der Waals surface area contributed by atoms with E-state index in [0.29, 0.717) is 24.9 Å². The molecule has 8 nitrogen and oxygen atoms in total. The summed E-state index contributed by atoms with van der Waals surface area (Å²) in [5.41, 5.74) is 0.824. The second-order valence-electron chi connectivity index (χ2n) is 9.50. The lowest BCUT2D eigenvalue weighted by Gasteiger charge is -2.32. The lowest BCUT2D eigenvalue weighted by atomic mass is 10.1. The van der Waals surface area contributed by atoms with Gasteiger partial charge < -0.3 is 15.4 Å². The number of halogens is 1. The zero-order valence-electron chi connectivity index (χ0n) is 20.2. The van der Waals surface area contributed by atoms with Crippen molar-refractivity contribution in [1.82, 2.24) is 9.62 Å². The monoisotopic (exact) mass is 521 g/mol. The number of aryl methyl sites for hydroxylation is 1. The Balaban J connectivity index is 1.55. The van der Waals surface area contributed by atoms with E-state index in [1.54, 1.807) is 20.8 Å². The molecule has 1 heterocycles. The van der Waals surface area contributed by atoms with Crippen molar-refractivity contribution >= 4 is 39.3 Å². The van der Waals surface area contributed by atoms with Crippen molar-refractivity contribution in [2.24, 2.45) is 0 Å². The Morgan fingerprint density at radius 2 is 1.74 bits per heavy atom. The Labute approximate surface area is 212 Å². The third-order valence-corrected chi connectivity index (χ3v) is 7.72. The molecule has 0 saturated carbocycles. The van der Waals surface area contributed by atoms with Crippen molar-refractivity contribution in [3.63, 3.8) is 0 Å². The summed E-state index contributed by atoms with van der Waals surface area (Å²) in [4.78, 5) is 24.4. The molecule has 0 spiro atoms. The summed E-state index contributed by atoms with van der Waals surface area (Å²) < 4.78 is 32.9. The third kappa shape index (κ3) is 7.95. The Morgan fingerprint density at radius 3 is 2.34 bits per heavy atom. The van der Waals surface area contributed by atoms with Gasteiger partial charge in [-0.1, -0.05) is 41.9 Å². The number of sulfonamides is 1. The number of nitrogens with one attached hydrogen (secondary N) is 2. The summed E-state index contributed by atoms with van der Waals surface area (Å²) >= 11 is 6.31. The highest BCUT2D eigenvalue weighted by Crippen LogP contribution is 2.28. The molecule has 10 heteroatoms. The number of hydrogen-bond donors (Lipinski definition) is 2. The van der Waals surface area contributed by atoms with Crippen LogP contribution in [-0.2, 0) is 26.0 Å². The van der Waals surface area contributed by atoms with E-state index in [0.717, 1.165) is 5.56 Å². The highest BCUT2D eigenvalue weighted by Gasteiger charge is 2.31. The summed E-state index contributed by atoms with van der Waals surface area (Å²) in [6, 6.07) is 13.8. The van der Waals surface area contributed by atoms with Gasteiger partial charge in [0.15, 0.2) is 0 Å². The Kier molecular flexibility index (Phi) is 8.79. The quantitative estimate of drug-likeness (QED) is 0.554. The van der Waals surface area contributed by atoms with Crippen molar-refractivity contribution in [2.75, 3.05) is 18.4 Å². The van der Waals surface area contributed by atoms with Crippen LogP contribution in [0.3, 0.4) is 0 Å². The van der Waals surface area contributed by atoms with E-state index in [1.165, 1.54) is 22.5 Å². The minimum Gasteiger partial charge on any atom is -0.444 e. The lowest BCUT2D eigenvalue weighted by Crippen LogP contribution is -2.47. The van der Waals surface area contributed by atoms with Gasteiger partial charge in [0.1, 0.15) is 5.60 Å². The molecule has 0 atom stereocenters. The predicted octanol–water partition coefficient (Wildman–Crippen LogP) is 4.59. The van der Waals surface area contributed by atoms with E-state index in [9.17, 15) is 18.0 Å². The van der Waals surface area contributed by atoms with Crippen molar-refractivity contribution in [3.8, 4) is 0 Å². The Hall–Kier alpha value is -2.62. The molecule has 2 amide bonds. The molecule has 0 unspecified atom stereocenters. The molecule has 1 saturated heterocycles. The number of anilines is 1. The van der Waals surface area contributed by atoms with Crippen molar-refractivity contribution in [2.45, 2.75) is 63.0 Å². The molecule has 1 fully saturated rings. The van der Waals surface area contributed by atoms with Gasteiger partial charge in [0.2, 0.25) is 15.9 Å². The SMILES string of the molecule is CC(C)(C)OC(=O)NC1CCN(S(=O)(=O)c2ccc(NC(=O)CCc3ccccc3)c(Cl)c2)CC1. The number of carbonyl (C=O) groups excluding carboxylic acids is 2. The first kappa shape index (κ1) is 27.0. The molecule has 190 valence electrons. The van der Waals surface area contributed by atoms with Crippen LogP contribution in [0.1, 0.15) is 45.6 Å². The third-order valence-electron chi connectivity index (χ3n) is 5.51. The normalized spacial score (nSPS) is 15.4. The second-order valence-corrected chi connectivity index (χ2v) is 11.8. The van der Waals surface area contributed by atoms with E-state index in [2.05, 4.69) is 10.6 Å². The number of benzene rings is 2. The van der Waals surface area contributed by atoms with Crippen LogP contribution in [0.2, 0.25) is 5.02 Å². The van der Waals surface area contributed by atoms with Gasteiger partial charge in [-0.25, -0.2) is 13.2 Å². The van der Waals surface area contributed by atoms with Gasteiger partial charge in [-0.3, -0.25) is 4.79 Å². The zero-order chi connectivity index (χ0) is 25.6. The highest BCUT2D eigenvalue weighted by molar-refractivity contribution is 7.89. The van der Waals surface area contributed by atoms with Crippen molar-refractivity contribution in [3.05, 3.63) is 59.1 Å². The lowest BCUT2D eigenvalue weighted by molar-refractivity contribution is -0.116. The first-order valence-electron chi connectivity index (χ1n) is 11.6. The molecule has 1 aliphatic rings. The maximum Gasteiger partial charge on any atom is 0.407 e. The summed E-state index contributed by atoms with van der Waals surface area (Å²) in [7, 11) is -3.76. The second kappa shape index (κ2) is 11.4. The van der Waals surface area contributed by atoms with Gasteiger partial charge in [0.05, 0.1) is 15.6 Å². The molecule has 3 rings (SSSR count). The summed E-state index contributed by atoms with van der Waals surface area (Å²) in [5.74, 6) is -0.203. The molecule has 2 aromatic carbocycles. The maximum atomic E-state index is 13.1. The first-order valence-corrected chi connectivity index (χ1v) is 13.4.